The van der Waals surface area contributed by atoms with Crippen LogP contribution in [0.4, 0.5) is 5.69 Å². The molecule has 0 aliphatic rings. The molecule has 0 bridgehead atoms. The lowest BCUT2D eigenvalue weighted by Gasteiger charge is -2.18. The molecule has 0 radical (unpaired) electrons. The lowest BCUT2D eigenvalue weighted by atomic mass is 10.1. The smallest absolute Gasteiger partial charge is 0.317 e. The fourth-order valence-corrected chi connectivity index (χ4v) is 1.94. The van der Waals surface area contributed by atoms with Gasteiger partial charge in [-0.3, -0.25) is 19.3 Å². The number of carboxylic acids is 1. The van der Waals surface area contributed by atoms with E-state index in [2.05, 4.69) is 5.32 Å². The molecule has 0 unspecified atom stereocenters. The summed E-state index contributed by atoms with van der Waals surface area (Å²) in [6, 6.07) is 6.65. The highest BCUT2D eigenvalue weighted by Crippen LogP contribution is 2.11. The first-order chi connectivity index (χ1) is 9.92. The molecule has 0 aliphatic carbocycles. The second-order valence-electron chi connectivity index (χ2n) is 4.79. The molecule has 22 heavy (non-hydrogen) atoms. The van der Waals surface area contributed by atoms with Crippen LogP contribution in [-0.4, -0.2) is 47.3 Å². The van der Waals surface area contributed by atoms with Gasteiger partial charge in [-0.15, -0.1) is 12.4 Å². The first-order valence-electron chi connectivity index (χ1n) is 6.77. The van der Waals surface area contributed by atoms with E-state index in [9.17, 15) is 14.4 Å². The van der Waals surface area contributed by atoms with Crippen LogP contribution in [0.15, 0.2) is 24.3 Å². The van der Waals surface area contributed by atoms with Crippen molar-refractivity contribution in [1.82, 2.24) is 4.90 Å². The molecule has 1 rings (SSSR count). The summed E-state index contributed by atoms with van der Waals surface area (Å²) >= 11 is 0. The van der Waals surface area contributed by atoms with E-state index in [-0.39, 0.29) is 37.2 Å². The van der Waals surface area contributed by atoms with Crippen LogP contribution in [-0.2, 0) is 9.59 Å². The summed E-state index contributed by atoms with van der Waals surface area (Å²) in [5, 5.41) is 11.5. The summed E-state index contributed by atoms with van der Waals surface area (Å²) in [5.41, 5.74) is 1.04. The number of carbonyl (C=O) groups excluding carboxylic acids is 2. The van der Waals surface area contributed by atoms with E-state index in [1.807, 2.05) is 6.92 Å². The molecule has 0 saturated carbocycles. The lowest BCUT2D eigenvalue weighted by molar-refractivity contribution is -0.138. The minimum absolute atomic E-state index is 0. The number of carboxylic acid groups (broad SMARTS) is 1. The SMILES string of the molecule is CCCN(CC(=O)O)CC(=O)Nc1cccc(C(C)=O)c1.Cl. The van der Waals surface area contributed by atoms with Gasteiger partial charge in [-0.2, -0.15) is 0 Å². The number of hydrogen-bond acceptors (Lipinski definition) is 4. The van der Waals surface area contributed by atoms with Crippen molar-refractivity contribution in [2.45, 2.75) is 20.3 Å². The van der Waals surface area contributed by atoms with Gasteiger partial charge in [0.05, 0.1) is 13.1 Å². The number of rotatable bonds is 8. The van der Waals surface area contributed by atoms with Crippen molar-refractivity contribution >= 4 is 35.8 Å². The molecule has 1 amide bonds. The van der Waals surface area contributed by atoms with Gasteiger partial charge in [0.1, 0.15) is 0 Å². The fraction of sp³-hybridized carbons (Fsp3) is 0.400. The van der Waals surface area contributed by atoms with Crippen molar-refractivity contribution in [3.05, 3.63) is 29.8 Å². The Morgan fingerprint density at radius 1 is 1.23 bits per heavy atom. The molecule has 6 nitrogen and oxygen atoms in total. The minimum atomic E-state index is -0.963. The number of ketones is 1. The third-order valence-corrected chi connectivity index (χ3v) is 2.82. The van der Waals surface area contributed by atoms with E-state index < -0.39 is 5.97 Å². The quantitative estimate of drug-likeness (QED) is 0.713. The van der Waals surface area contributed by atoms with E-state index in [4.69, 9.17) is 5.11 Å². The zero-order valence-electron chi connectivity index (χ0n) is 12.7. The summed E-state index contributed by atoms with van der Waals surface area (Å²) in [4.78, 5) is 35.5. The number of Topliss-reactive ketones (excluding diaryl/α,β-unsaturated/α-hetero) is 1. The Morgan fingerprint density at radius 3 is 2.45 bits per heavy atom. The molecule has 7 heteroatoms. The number of halogens is 1. The van der Waals surface area contributed by atoms with Gasteiger partial charge in [-0.1, -0.05) is 19.1 Å². The van der Waals surface area contributed by atoms with Crippen molar-refractivity contribution in [2.75, 3.05) is 25.0 Å². The Balaban J connectivity index is 0.00000441. The highest BCUT2D eigenvalue weighted by atomic mass is 35.5. The molecule has 0 aromatic heterocycles. The predicted molar refractivity (Wildman–Crippen MR) is 86.7 cm³/mol. The average Bonchev–Trinajstić information content (AvgIpc) is 2.38. The normalized spacial score (nSPS) is 9.95. The topological polar surface area (TPSA) is 86.7 Å². The predicted octanol–water partition coefficient (Wildman–Crippen LogP) is 2.05. The highest BCUT2D eigenvalue weighted by molar-refractivity contribution is 5.97. The van der Waals surface area contributed by atoms with Crippen molar-refractivity contribution in [1.29, 1.82) is 0 Å². The number of carbonyl (C=O) groups is 3. The zero-order valence-corrected chi connectivity index (χ0v) is 13.5. The van der Waals surface area contributed by atoms with Crippen LogP contribution in [0.1, 0.15) is 30.6 Å². The molecular weight excluding hydrogens is 308 g/mol. The second kappa shape index (κ2) is 9.92. The number of anilines is 1. The van der Waals surface area contributed by atoms with E-state index in [0.717, 1.165) is 6.42 Å². The van der Waals surface area contributed by atoms with Crippen LogP contribution in [0.5, 0.6) is 0 Å². The number of aliphatic carboxylic acids is 1. The van der Waals surface area contributed by atoms with Gasteiger partial charge in [0, 0.05) is 11.3 Å². The van der Waals surface area contributed by atoms with Gasteiger partial charge < -0.3 is 10.4 Å². The van der Waals surface area contributed by atoms with Crippen LogP contribution in [0.2, 0.25) is 0 Å². The van der Waals surface area contributed by atoms with Crippen molar-refractivity contribution < 1.29 is 19.5 Å². The van der Waals surface area contributed by atoms with E-state index >= 15 is 0 Å². The Morgan fingerprint density at radius 2 is 1.91 bits per heavy atom. The van der Waals surface area contributed by atoms with Gasteiger partial charge in [0.15, 0.2) is 5.78 Å². The minimum Gasteiger partial charge on any atom is -0.480 e. The Hall–Kier alpha value is -1.92. The van der Waals surface area contributed by atoms with Gasteiger partial charge in [-0.25, -0.2) is 0 Å². The number of benzene rings is 1. The van der Waals surface area contributed by atoms with Gasteiger partial charge in [0.2, 0.25) is 5.91 Å². The third-order valence-electron chi connectivity index (χ3n) is 2.82. The van der Waals surface area contributed by atoms with Crippen LogP contribution in [0.25, 0.3) is 0 Å². The summed E-state index contributed by atoms with van der Waals surface area (Å²) in [5.74, 6) is -1.34. The van der Waals surface area contributed by atoms with Crippen LogP contribution in [0, 0.1) is 0 Å². The largest absolute Gasteiger partial charge is 0.480 e. The summed E-state index contributed by atoms with van der Waals surface area (Å²) < 4.78 is 0. The monoisotopic (exact) mass is 328 g/mol. The lowest BCUT2D eigenvalue weighted by Crippen LogP contribution is -2.37. The molecular formula is C15H21ClN2O4. The number of nitrogens with one attached hydrogen (secondary N) is 1. The first kappa shape index (κ1) is 20.1. The maximum absolute atomic E-state index is 11.9. The highest BCUT2D eigenvalue weighted by Gasteiger charge is 2.13. The molecule has 0 spiro atoms. The van der Waals surface area contributed by atoms with Gasteiger partial charge >= 0.3 is 5.97 Å². The second-order valence-corrected chi connectivity index (χ2v) is 4.79. The third kappa shape index (κ3) is 7.19. The van der Waals surface area contributed by atoms with Crippen molar-refractivity contribution in [3.8, 4) is 0 Å². The molecule has 0 atom stereocenters. The van der Waals surface area contributed by atoms with E-state index in [0.29, 0.717) is 17.8 Å². The molecule has 0 heterocycles. The Kier molecular flexibility index (Phi) is 9.05. The standard InChI is InChI=1S/C15H20N2O4.ClH/c1-3-7-17(10-15(20)21)9-14(19)16-13-6-4-5-12(8-13)11(2)18;/h4-6,8H,3,7,9-10H2,1-2H3,(H,16,19)(H,20,21);1H. The van der Waals surface area contributed by atoms with Gasteiger partial charge in [-0.05, 0) is 32.0 Å². The first-order valence-corrected chi connectivity index (χ1v) is 6.77. The Bertz CT molecular complexity index is 534. The summed E-state index contributed by atoms with van der Waals surface area (Å²) in [6.45, 7) is 3.74. The number of nitrogens with zero attached hydrogens (tertiary/aromatic N) is 1. The van der Waals surface area contributed by atoms with E-state index in [1.165, 1.54) is 6.92 Å². The molecule has 2 N–H and O–H groups in total. The maximum Gasteiger partial charge on any atom is 0.317 e. The number of hydrogen-bond donors (Lipinski definition) is 2. The van der Waals surface area contributed by atoms with Crippen LogP contribution >= 0.6 is 12.4 Å². The summed E-state index contributed by atoms with van der Waals surface area (Å²) in [7, 11) is 0. The van der Waals surface area contributed by atoms with Crippen molar-refractivity contribution in [2.24, 2.45) is 0 Å². The average molecular weight is 329 g/mol. The van der Waals surface area contributed by atoms with Crippen LogP contribution < -0.4 is 5.32 Å². The molecule has 1 aromatic rings. The molecule has 1 aromatic carbocycles. The number of amides is 1. The van der Waals surface area contributed by atoms with Crippen molar-refractivity contribution in [3.63, 3.8) is 0 Å². The molecule has 122 valence electrons. The Labute approximate surface area is 135 Å². The van der Waals surface area contributed by atoms with E-state index in [1.54, 1.807) is 29.2 Å². The van der Waals surface area contributed by atoms with Gasteiger partial charge in [0.25, 0.3) is 0 Å². The zero-order chi connectivity index (χ0) is 15.8. The molecule has 0 aliphatic heterocycles. The summed E-state index contributed by atoms with van der Waals surface area (Å²) in [6.07, 6.45) is 0.764. The molecule has 0 fully saturated rings. The van der Waals surface area contributed by atoms with Crippen LogP contribution in [0.3, 0.4) is 0 Å². The fourth-order valence-electron chi connectivity index (χ4n) is 1.94. The molecule has 0 saturated heterocycles. The maximum atomic E-state index is 11.9.